The maximum absolute atomic E-state index is 9.33. The van der Waals surface area contributed by atoms with Crippen LogP contribution in [0.4, 0.5) is 0 Å². The molecule has 0 heterocycles. The Hall–Kier alpha value is -0.180. The van der Waals surface area contributed by atoms with Crippen LogP contribution in [0.15, 0.2) is 0 Å². The van der Waals surface area contributed by atoms with Gasteiger partial charge in [-0.15, -0.1) is 0 Å². The summed E-state index contributed by atoms with van der Waals surface area (Å²) in [6.07, 6.45) is 0. The molecular weight excluding hydrogens is 131 g/mol. The van der Waals surface area contributed by atoms with Gasteiger partial charge in [-0.3, -0.25) is 4.57 Å². The predicted molar refractivity (Wildman–Crippen MR) is 31.8 cm³/mol. The first-order chi connectivity index (χ1) is 3.00. The number of carbonyl (C=O) groups is 1. The van der Waals surface area contributed by atoms with Gasteiger partial charge in [0.1, 0.15) is 6.79 Å². The zero-order valence-electron chi connectivity index (χ0n) is 3.87. The maximum atomic E-state index is 9.33. The fraction of sp³-hybridized carbons (Fsp3) is 0.667. The van der Waals surface area contributed by atoms with Crippen molar-refractivity contribution in [3.05, 3.63) is 0 Å². The van der Waals surface area contributed by atoms with Crippen LogP contribution in [-0.4, -0.2) is 23.2 Å². The van der Waals surface area contributed by atoms with Crippen molar-refractivity contribution in [2.45, 2.75) is 7.43 Å². The second kappa shape index (κ2) is 6.82. The Morgan fingerprint density at radius 3 is 1.38 bits per heavy atom. The molecule has 0 aromatic rings. The lowest BCUT2D eigenvalue weighted by atomic mass is 11.9. The van der Waals surface area contributed by atoms with Gasteiger partial charge in [0.15, 0.2) is 0 Å². The second-order valence-corrected chi connectivity index (χ2v) is 2.51. The molecule has 0 saturated heterocycles. The molecule has 0 radical (unpaired) electrons. The SMILES string of the molecule is C.C=O.CP(=O)(O)O. The van der Waals surface area contributed by atoms with E-state index >= 15 is 0 Å². The Balaban J connectivity index is -0.0000000750. The van der Waals surface area contributed by atoms with Crippen molar-refractivity contribution in [3.63, 3.8) is 0 Å². The van der Waals surface area contributed by atoms with Gasteiger partial charge in [0.2, 0.25) is 0 Å². The molecule has 0 aliphatic rings. The lowest BCUT2D eigenvalue weighted by Crippen LogP contribution is -1.64. The standard InChI is InChI=1S/CH5O3P.CH2O.CH4/c1-5(2,3)4;1-2;/h1H3,(H2,2,3,4);1H2;1H4. The fourth-order valence-electron chi connectivity index (χ4n) is 0. The maximum Gasteiger partial charge on any atom is 0.322 e. The summed E-state index contributed by atoms with van der Waals surface area (Å²) in [4.78, 5) is 23.3. The molecule has 2 N–H and O–H groups in total. The second-order valence-electron chi connectivity index (χ2n) is 0.835. The van der Waals surface area contributed by atoms with Gasteiger partial charge in [0.05, 0.1) is 0 Å². The predicted octanol–water partition coefficient (Wildman–Crippen LogP) is 0.245. The van der Waals surface area contributed by atoms with Crippen LogP contribution in [0.5, 0.6) is 0 Å². The molecule has 0 bridgehead atoms. The minimum atomic E-state index is -3.64. The van der Waals surface area contributed by atoms with Crippen molar-refractivity contribution in [1.29, 1.82) is 0 Å². The molecule has 0 unspecified atom stereocenters. The minimum Gasteiger partial charge on any atom is -0.325 e. The van der Waals surface area contributed by atoms with Crippen LogP contribution in [0.1, 0.15) is 7.43 Å². The fourth-order valence-corrected chi connectivity index (χ4v) is 0. The molecule has 0 rings (SSSR count). The Labute approximate surface area is 48.7 Å². The molecule has 0 aliphatic heterocycles. The topological polar surface area (TPSA) is 74.6 Å². The van der Waals surface area contributed by atoms with Gasteiger partial charge >= 0.3 is 7.60 Å². The zero-order valence-corrected chi connectivity index (χ0v) is 4.76. The largest absolute Gasteiger partial charge is 0.325 e. The van der Waals surface area contributed by atoms with E-state index in [4.69, 9.17) is 14.6 Å². The van der Waals surface area contributed by atoms with Gasteiger partial charge in [0, 0.05) is 6.66 Å². The Morgan fingerprint density at radius 2 is 1.38 bits per heavy atom. The zero-order chi connectivity index (χ0) is 6.50. The molecule has 0 fully saturated rings. The van der Waals surface area contributed by atoms with E-state index in [0.717, 1.165) is 6.66 Å². The molecule has 0 saturated carbocycles. The quantitative estimate of drug-likeness (QED) is 0.475. The average Bonchev–Trinajstić information content (AvgIpc) is 1.36. The summed E-state index contributed by atoms with van der Waals surface area (Å²) < 4.78 is 9.33. The summed E-state index contributed by atoms with van der Waals surface area (Å²) in [7, 11) is -3.64. The van der Waals surface area contributed by atoms with Crippen LogP contribution in [0.2, 0.25) is 0 Å². The molecule has 0 aliphatic carbocycles. The van der Waals surface area contributed by atoms with Gasteiger partial charge < -0.3 is 14.6 Å². The van der Waals surface area contributed by atoms with Gasteiger partial charge in [0.25, 0.3) is 0 Å². The molecule has 0 amide bonds. The van der Waals surface area contributed by atoms with Crippen LogP contribution in [0.3, 0.4) is 0 Å². The molecule has 4 nitrogen and oxygen atoms in total. The highest BCUT2D eigenvalue weighted by atomic mass is 31.2. The molecule has 5 heteroatoms. The first kappa shape index (κ1) is 15.7. The molecular formula is C3H11O4P. The highest BCUT2D eigenvalue weighted by molar-refractivity contribution is 7.50. The Bertz CT molecular complexity index is 67.1. The third-order valence-electron chi connectivity index (χ3n) is 0. The molecule has 0 spiro atoms. The van der Waals surface area contributed by atoms with E-state index in [2.05, 4.69) is 0 Å². The van der Waals surface area contributed by atoms with E-state index in [1.165, 1.54) is 0 Å². The summed E-state index contributed by atoms with van der Waals surface area (Å²) >= 11 is 0. The Kier molecular flexibility index (Phi) is 13.3. The summed E-state index contributed by atoms with van der Waals surface area (Å²) in [5, 5.41) is 0. The molecule has 0 aromatic heterocycles. The van der Waals surface area contributed by atoms with Gasteiger partial charge in [-0.25, -0.2) is 0 Å². The van der Waals surface area contributed by atoms with Gasteiger partial charge in [-0.05, 0) is 0 Å². The third-order valence-corrected chi connectivity index (χ3v) is 0. The smallest absolute Gasteiger partial charge is 0.322 e. The van der Waals surface area contributed by atoms with E-state index in [9.17, 15) is 4.57 Å². The summed E-state index contributed by atoms with van der Waals surface area (Å²) in [5.41, 5.74) is 0. The summed E-state index contributed by atoms with van der Waals surface area (Å²) in [5.74, 6) is 0. The lowest BCUT2D eigenvalue weighted by Gasteiger charge is -1.84. The van der Waals surface area contributed by atoms with E-state index in [0.29, 0.717) is 0 Å². The number of carbonyl (C=O) groups excluding carboxylic acids is 1. The van der Waals surface area contributed by atoms with Crippen LogP contribution >= 0.6 is 7.60 Å². The molecule has 0 aromatic carbocycles. The van der Waals surface area contributed by atoms with Crippen molar-refractivity contribution in [3.8, 4) is 0 Å². The minimum absolute atomic E-state index is 0. The van der Waals surface area contributed by atoms with Crippen LogP contribution in [-0.2, 0) is 9.36 Å². The van der Waals surface area contributed by atoms with Crippen molar-refractivity contribution < 1.29 is 19.1 Å². The van der Waals surface area contributed by atoms with E-state index in [-0.39, 0.29) is 7.43 Å². The average molecular weight is 142 g/mol. The van der Waals surface area contributed by atoms with Crippen molar-refractivity contribution in [2.24, 2.45) is 0 Å². The number of hydrogen-bond donors (Lipinski definition) is 2. The van der Waals surface area contributed by atoms with Crippen LogP contribution < -0.4 is 0 Å². The normalized spacial score (nSPS) is 7.88. The first-order valence-corrected chi connectivity index (χ1v) is 3.38. The number of rotatable bonds is 0. The van der Waals surface area contributed by atoms with E-state index in [1.54, 1.807) is 0 Å². The number of hydrogen-bond acceptors (Lipinski definition) is 2. The summed E-state index contributed by atoms with van der Waals surface area (Å²) in [6, 6.07) is 0. The van der Waals surface area contributed by atoms with Crippen molar-refractivity contribution in [1.82, 2.24) is 0 Å². The van der Waals surface area contributed by atoms with Gasteiger partial charge in [-0.2, -0.15) is 0 Å². The third kappa shape index (κ3) is 4170. The summed E-state index contributed by atoms with van der Waals surface area (Å²) in [6.45, 7) is 2.85. The van der Waals surface area contributed by atoms with Gasteiger partial charge in [-0.1, -0.05) is 7.43 Å². The van der Waals surface area contributed by atoms with E-state index in [1.807, 2.05) is 6.79 Å². The monoisotopic (exact) mass is 142 g/mol. The lowest BCUT2D eigenvalue weighted by molar-refractivity contribution is -0.0979. The van der Waals surface area contributed by atoms with Crippen molar-refractivity contribution in [2.75, 3.05) is 6.66 Å². The highest BCUT2D eigenvalue weighted by Crippen LogP contribution is 2.26. The highest BCUT2D eigenvalue weighted by Gasteiger charge is 1.95. The molecule has 52 valence electrons. The molecule has 8 heavy (non-hydrogen) atoms. The molecule has 0 atom stereocenters. The van der Waals surface area contributed by atoms with Crippen molar-refractivity contribution >= 4 is 14.4 Å². The Morgan fingerprint density at radius 1 is 1.38 bits per heavy atom. The first-order valence-electron chi connectivity index (χ1n) is 1.32. The van der Waals surface area contributed by atoms with Crippen LogP contribution in [0.25, 0.3) is 0 Å². The van der Waals surface area contributed by atoms with E-state index < -0.39 is 7.60 Å². The van der Waals surface area contributed by atoms with Crippen LogP contribution in [0, 0.1) is 0 Å².